The second-order valence-electron chi connectivity index (χ2n) is 5.87. The topological polar surface area (TPSA) is 66.5 Å². The molecule has 0 atom stereocenters. The number of nitrogens with one attached hydrogen (secondary N) is 1. The second-order valence-corrected chi connectivity index (χ2v) is 8.60. The molecular formula is C20H16Cl2N2O3S. The monoisotopic (exact) mass is 434 g/mol. The van der Waals surface area contributed by atoms with Gasteiger partial charge in [0.25, 0.3) is 10.0 Å². The number of carbonyl (C=O) groups excluding carboxylic acids is 1. The van der Waals surface area contributed by atoms with Gasteiger partial charge in [0.05, 0.1) is 10.6 Å². The Bertz CT molecular complexity index is 1050. The van der Waals surface area contributed by atoms with Crippen LogP contribution < -0.4 is 9.62 Å². The van der Waals surface area contributed by atoms with Crippen LogP contribution in [0.1, 0.15) is 0 Å². The van der Waals surface area contributed by atoms with Gasteiger partial charge in [0.15, 0.2) is 0 Å². The average Bonchev–Trinajstić information content (AvgIpc) is 2.66. The molecule has 0 saturated heterocycles. The van der Waals surface area contributed by atoms with Gasteiger partial charge in [-0.3, -0.25) is 9.10 Å². The molecule has 0 fully saturated rings. The van der Waals surface area contributed by atoms with Crippen LogP contribution in [0.4, 0.5) is 11.4 Å². The summed E-state index contributed by atoms with van der Waals surface area (Å²) in [5, 5.41) is 3.21. The summed E-state index contributed by atoms with van der Waals surface area (Å²) in [6, 6.07) is 21.0. The largest absolute Gasteiger partial charge is 0.325 e. The molecule has 28 heavy (non-hydrogen) atoms. The number of hydrogen-bond acceptors (Lipinski definition) is 3. The van der Waals surface area contributed by atoms with Gasteiger partial charge in [-0.2, -0.15) is 0 Å². The zero-order valence-electron chi connectivity index (χ0n) is 14.5. The van der Waals surface area contributed by atoms with E-state index in [0.717, 1.165) is 4.31 Å². The molecule has 0 saturated carbocycles. The predicted octanol–water partition coefficient (Wildman–Crippen LogP) is 4.83. The van der Waals surface area contributed by atoms with Gasteiger partial charge >= 0.3 is 0 Å². The lowest BCUT2D eigenvalue weighted by Gasteiger charge is -2.24. The van der Waals surface area contributed by atoms with E-state index in [1.165, 1.54) is 30.3 Å². The Hall–Kier alpha value is -2.54. The smallest absolute Gasteiger partial charge is 0.264 e. The molecule has 3 aromatic rings. The Morgan fingerprint density at radius 3 is 1.96 bits per heavy atom. The third-order valence-corrected chi connectivity index (χ3v) is 6.04. The summed E-state index contributed by atoms with van der Waals surface area (Å²) >= 11 is 12.1. The lowest BCUT2D eigenvalue weighted by Crippen LogP contribution is -2.38. The Morgan fingerprint density at radius 2 is 1.39 bits per heavy atom. The van der Waals surface area contributed by atoms with Crippen molar-refractivity contribution in [2.45, 2.75) is 4.90 Å². The number of nitrogens with zero attached hydrogens (tertiary/aromatic N) is 1. The molecule has 0 aliphatic carbocycles. The number of rotatable bonds is 6. The first kappa shape index (κ1) is 20.2. The van der Waals surface area contributed by atoms with E-state index in [1.54, 1.807) is 42.5 Å². The number of hydrogen-bond donors (Lipinski definition) is 1. The van der Waals surface area contributed by atoms with Crippen molar-refractivity contribution in [2.24, 2.45) is 0 Å². The third-order valence-electron chi connectivity index (χ3n) is 3.81. The zero-order chi connectivity index (χ0) is 20.1. The van der Waals surface area contributed by atoms with E-state index in [4.69, 9.17) is 23.2 Å². The molecule has 5 nitrogen and oxygen atoms in total. The number of para-hydroxylation sites is 1. The Kier molecular flexibility index (Phi) is 6.24. The molecule has 8 heteroatoms. The number of benzene rings is 3. The van der Waals surface area contributed by atoms with Crippen LogP contribution in [-0.2, 0) is 14.8 Å². The van der Waals surface area contributed by atoms with Gasteiger partial charge in [-0.1, -0.05) is 59.6 Å². The van der Waals surface area contributed by atoms with Crippen molar-refractivity contribution in [3.05, 3.63) is 88.9 Å². The van der Waals surface area contributed by atoms with Gasteiger partial charge in [-0.05, 0) is 42.5 Å². The minimum absolute atomic E-state index is 0.0543. The van der Waals surface area contributed by atoms with Gasteiger partial charge in [-0.15, -0.1) is 0 Å². The number of carbonyl (C=O) groups is 1. The molecule has 0 aromatic heterocycles. The Labute approximate surface area is 173 Å². The van der Waals surface area contributed by atoms with Crippen LogP contribution in [0.15, 0.2) is 83.8 Å². The molecule has 0 aliphatic rings. The van der Waals surface area contributed by atoms with Crippen molar-refractivity contribution >= 4 is 50.5 Å². The van der Waals surface area contributed by atoms with E-state index in [-0.39, 0.29) is 20.6 Å². The standard InChI is InChI=1S/C20H16Cl2N2O3S/c21-15-11-16(22)13-18(12-15)24(28(26,27)19-9-5-2-6-10-19)14-20(25)23-17-7-3-1-4-8-17/h1-13H,14H2,(H,23,25). The summed E-state index contributed by atoms with van der Waals surface area (Å²) in [6.45, 7) is -0.442. The van der Waals surface area contributed by atoms with Gasteiger partial charge < -0.3 is 5.32 Å². The molecule has 0 heterocycles. The van der Waals surface area contributed by atoms with Crippen LogP contribution >= 0.6 is 23.2 Å². The van der Waals surface area contributed by atoms with E-state index in [9.17, 15) is 13.2 Å². The molecule has 0 unspecified atom stereocenters. The minimum Gasteiger partial charge on any atom is -0.325 e. The molecule has 0 aliphatic heterocycles. The number of amides is 1. The first-order valence-corrected chi connectivity index (χ1v) is 10.4. The van der Waals surface area contributed by atoms with Crippen LogP contribution in [-0.4, -0.2) is 20.9 Å². The summed E-state index contributed by atoms with van der Waals surface area (Å²) in [5.74, 6) is -0.498. The van der Waals surface area contributed by atoms with Crippen molar-refractivity contribution in [3.8, 4) is 0 Å². The SMILES string of the molecule is O=C(CN(c1cc(Cl)cc(Cl)c1)S(=O)(=O)c1ccccc1)Nc1ccccc1. The fourth-order valence-corrected chi connectivity index (χ4v) is 4.51. The molecule has 3 rings (SSSR count). The maximum Gasteiger partial charge on any atom is 0.264 e. The van der Waals surface area contributed by atoms with Crippen molar-refractivity contribution in [2.75, 3.05) is 16.2 Å². The molecule has 1 N–H and O–H groups in total. The first-order chi connectivity index (χ1) is 13.4. The predicted molar refractivity (Wildman–Crippen MR) is 113 cm³/mol. The molecule has 0 spiro atoms. The Morgan fingerprint density at radius 1 is 0.857 bits per heavy atom. The van der Waals surface area contributed by atoms with Crippen LogP contribution in [0.5, 0.6) is 0 Å². The second kappa shape index (κ2) is 8.65. The van der Waals surface area contributed by atoms with E-state index >= 15 is 0 Å². The summed E-state index contributed by atoms with van der Waals surface area (Å²) in [7, 11) is -4.02. The number of halogens is 2. The Balaban J connectivity index is 1.98. The average molecular weight is 435 g/mol. The van der Waals surface area contributed by atoms with Crippen LogP contribution in [0.3, 0.4) is 0 Å². The van der Waals surface area contributed by atoms with Crippen molar-refractivity contribution < 1.29 is 13.2 Å². The molecule has 0 bridgehead atoms. The van der Waals surface area contributed by atoms with Crippen molar-refractivity contribution in [1.82, 2.24) is 0 Å². The molecule has 0 radical (unpaired) electrons. The maximum atomic E-state index is 13.2. The van der Waals surface area contributed by atoms with E-state index in [0.29, 0.717) is 5.69 Å². The highest BCUT2D eigenvalue weighted by Crippen LogP contribution is 2.29. The quantitative estimate of drug-likeness (QED) is 0.603. The number of anilines is 2. The number of sulfonamides is 1. The fraction of sp³-hybridized carbons (Fsp3) is 0.0500. The van der Waals surface area contributed by atoms with Crippen molar-refractivity contribution in [3.63, 3.8) is 0 Å². The highest BCUT2D eigenvalue weighted by atomic mass is 35.5. The molecule has 144 valence electrons. The summed E-state index contributed by atoms with van der Waals surface area (Å²) < 4.78 is 27.4. The van der Waals surface area contributed by atoms with E-state index < -0.39 is 22.5 Å². The normalized spacial score (nSPS) is 11.1. The molecular weight excluding hydrogens is 419 g/mol. The molecule has 3 aromatic carbocycles. The van der Waals surface area contributed by atoms with Gasteiger partial charge in [0, 0.05) is 15.7 Å². The first-order valence-electron chi connectivity index (χ1n) is 8.25. The van der Waals surface area contributed by atoms with Crippen LogP contribution in [0.2, 0.25) is 10.0 Å². The summed E-state index contributed by atoms with van der Waals surface area (Å²) in [5.41, 5.74) is 0.762. The summed E-state index contributed by atoms with van der Waals surface area (Å²) in [6.07, 6.45) is 0. The lowest BCUT2D eigenvalue weighted by molar-refractivity contribution is -0.114. The van der Waals surface area contributed by atoms with Crippen LogP contribution in [0, 0.1) is 0 Å². The van der Waals surface area contributed by atoms with Gasteiger partial charge in [0.2, 0.25) is 5.91 Å². The van der Waals surface area contributed by atoms with Gasteiger partial charge in [-0.25, -0.2) is 8.42 Å². The highest BCUT2D eigenvalue weighted by Gasteiger charge is 2.27. The zero-order valence-corrected chi connectivity index (χ0v) is 16.9. The van der Waals surface area contributed by atoms with Gasteiger partial charge in [0.1, 0.15) is 6.54 Å². The third kappa shape index (κ3) is 4.84. The highest BCUT2D eigenvalue weighted by molar-refractivity contribution is 7.92. The maximum absolute atomic E-state index is 13.2. The minimum atomic E-state index is -4.02. The molecule has 1 amide bonds. The van der Waals surface area contributed by atoms with Crippen molar-refractivity contribution in [1.29, 1.82) is 0 Å². The van der Waals surface area contributed by atoms with Crippen LogP contribution in [0.25, 0.3) is 0 Å². The fourth-order valence-electron chi connectivity index (χ4n) is 2.57. The van der Waals surface area contributed by atoms with E-state index in [2.05, 4.69) is 5.32 Å². The lowest BCUT2D eigenvalue weighted by atomic mass is 10.3. The van der Waals surface area contributed by atoms with E-state index in [1.807, 2.05) is 6.07 Å². The summed E-state index contributed by atoms with van der Waals surface area (Å²) in [4.78, 5) is 12.6.